The summed E-state index contributed by atoms with van der Waals surface area (Å²) < 4.78 is 11.5. The van der Waals surface area contributed by atoms with Gasteiger partial charge in [-0.2, -0.15) is 0 Å². The quantitative estimate of drug-likeness (QED) is 0.219. The largest absolute Gasteiger partial charge is 0.489 e. The molecular weight excluding hydrogens is 603 g/mol. The zero-order valence-electron chi connectivity index (χ0n) is 25.1. The molecule has 3 atom stereocenters. The van der Waals surface area contributed by atoms with E-state index in [0.29, 0.717) is 40.7 Å². The van der Waals surface area contributed by atoms with E-state index in [0.717, 1.165) is 11.1 Å². The molecule has 10 heteroatoms. The Morgan fingerprint density at radius 1 is 0.932 bits per heavy atom. The fraction of sp³-hybridized carbons (Fsp3) is 0.382. The van der Waals surface area contributed by atoms with Gasteiger partial charge in [0.05, 0.1) is 0 Å². The number of likely N-dealkylation sites (tertiary alicyclic amines) is 1. The van der Waals surface area contributed by atoms with Crippen LogP contribution in [-0.4, -0.2) is 51.6 Å². The maximum atomic E-state index is 13.2. The molecule has 3 aromatic carbocycles. The highest BCUT2D eigenvalue weighted by molar-refractivity contribution is 6.35. The van der Waals surface area contributed by atoms with Crippen LogP contribution in [-0.2, 0) is 38.7 Å². The van der Waals surface area contributed by atoms with Gasteiger partial charge in [0.1, 0.15) is 30.0 Å². The highest BCUT2D eigenvalue weighted by atomic mass is 35.5. The zero-order chi connectivity index (χ0) is 31.9. The average molecular weight is 642 g/mol. The van der Waals surface area contributed by atoms with Crippen LogP contribution < -0.4 is 10.1 Å². The van der Waals surface area contributed by atoms with Gasteiger partial charge >= 0.3 is 11.9 Å². The molecule has 1 amide bonds. The smallest absolute Gasteiger partial charge is 0.326 e. The molecule has 3 unspecified atom stereocenters. The van der Waals surface area contributed by atoms with Crippen LogP contribution >= 0.6 is 23.2 Å². The number of benzene rings is 3. The molecule has 0 radical (unpaired) electrons. The molecule has 4 rings (SSSR count). The number of aliphatic carboxylic acids is 1. The molecule has 0 spiro atoms. The van der Waals surface area contributed by atoms with Crippen molar-refractivity contribution in [2.24, 2.45) is 0 Å². The third kappa shape index (κ3) is 9.45. The summed E-state index contributed by atoms with van der Waals surface area (Å²) in [6, 6.07) is 20.1. The molecule has 0 bridgehead atoms. The molecule has 1 aliphatic rings. The predicted molar refractivity (Wildman–Crippen MR) is 170 cm³/mol. The number of carboxylic acids is 1. The van der Waals surface area contributed by atoms with E-state index in [2.05, 4.69) is 5.32 Å². The number of carbonyl (C=O) groups is 3. The minimum absolute atomic E-state index is 0.0628. The second-order valence-corrected chi connectivity index (χ2v) is 12.8. The number of hydrogen-bond acceptors (Lipinski definition) is 6. The molecule has 1 saturated heterocycles. The minimum Gasteiger partial charge on any atom is -0.489 e. The summed E-state index contributed by atoms with van der Waals surface area (Å²) in [5, 5.41) is 13.6. The number of esters is 1. The summed E-state index contributed by atoms with van der Waals surface area (Å²) in [7, 11) is 0. The van der Waals surface area contributed by atoms with Gasteiger partial charge in [-0.15, -0.1) is 0 Å². The van der Waals surface area contributed by atoms with Gasteiger partial charge in [-0.05, 0) is 69.0 Å². The Balaban J connectivity index is 1.37. The Labute approximate surface area is 268 Å². The molecule has 44 heavy (non-hydrogen) atoms. The van der Waals surface area contributed by atoms with E-state index in [9.17, 15) is 19.5 Å². The van der Waals surface area contributed by atoms with Crippen LogP contribution in [0.3, 0.4) is 0 Å². The maximum Gasteiger partial charge on any atom is 0.326 e. The van der Waals surface area contributed by atoms with E-state index in [-0.39, 0.29) is 37.4 Å². The zero-order valence-corrected chi connectivity index (χ0v) is 26.6. The number of hydrogen-bond donors (Lipinski definition) is 2. The number of carboxylic acid groups (broad SMARTS) is 1. The van der Waals surface area contributed by atoms with Gasteiger partial charge in [-0.25, -0.2) is 4.79 Å². The van der Waals surface area contributed by atoms with Crippen LogP contribution in [0.2, 0.25) is 10.0 Å². The lowest BCUT2D eigenvalue weighted by Crippen LogP contribution is -2.47. The van der Waals surface area contributed by atoms with Gasteiger partial charge in [-0.1, -0.05) is 71.7 Å². The Hall–Kier alpha value is -3.59. The maximum absolute atomic E-state index is 13.2. The number of nitrogens with zero attached hydrogens (tertiary/aromatic N) is 1. The Morgan fingerprint density at radius 3 is 2.20 bits per heavy atom. The summed E-state index contributed by atoms with van der Waals surface area (Å²) in [6.07, 6.45) is 1.33. The van der Waals surface area contributed by atoms with Gasteiger partial charge in [0.15, 0.2) is 0 Å². The van der Waals surface area contributed by atoms with E-state index in [1.165, 1.54) is 0 Å². The van der Waals surface area contributed by atoms with E-state index >= 15 is 0 Å². The van der Waals surface area contributed by atoms with Crippen LogP contribution in [0.15, 0.2) is 72.8 Å². The number of carbonyl (C=O) groups excluding carboxylic acids is 2. The molecule has 8 nitrogen and oxygen atoms in total. The van der Waals surface area contributed by atoms with Crippen molar-refractivity contribution in [2.45, 2.75) is 83.3 Å². The molecule has 0 aliphatic carbocycles. The second-order valence-electron chi connectivity index (χ2n) is 11.9. The number of rotatable bonds is 12. The lowest BCUT2D eigenvalue weighted by atomic mass is 10.0. The highest BCUT2D eigenvalue weighted by Gasteiger charge is 2.41. The molecule has 1 aliphatic heterocycles. The first-order valence-electron chi connectivity index (χ1n) is 14.6. The van der Waals surface area contributed by atoms with Crippen LogP contribution in [0.1, 0.15) is 56.7 Å². The number of nitrogens with one attached hydrogen (secondary N) is 1. The van der Waals surface area contributed by atoms with Crippen LogP contribution in [0, 0.1) is 0 Å². The third-order valence-corrected chi connectivity index (χ3v) is 8.10. The molecule has 3 aromatic rings. The van der Waals surface area contributed by atoms with Crippen molar-refractivity contribution in [2.75, 3.05) is 0 Å². The fourth-order valence-corrected chi connectivity index (χ4v) is 5.77. The van der Waals surface area contributed by atoms with Crippen molar-refractivity contribution < 1.29 is 29.0 Å². The fourth-order valence-electron chi connectivity index (χ4n) is 5.26. The van der Waals surface area contributed by atoms with E-state index < -0.39 is 23.7 Å². The normalized spacial score (nSPS) is 17.6. The monoisotopic (exact) mass is 640 g/mol. The van der Waals surface area contributed by atoms with Crippen molar-refractivity contribution in [1.29, 1.82) is 0 Å². The van der Waals surface area contributed by atoms with Gasteiger partial charge in [0.25, 0.3) is 0 Å². The van der Waals surface area contributed by atoms with E-state index in [1.807, 2.05) is 56.0 Å². The first kappa shape index (κ1) is 33.3. The number of halogens is 2. The average Bonchev–Trinajstić information content (AvgIpc) is 3.34. The molecule has 1 heterocycles. The van der Waals surface area contributed by atoms with Crippen molar-refractivity contribution in [3.05, 3.63) is 99.5 Å². The summed E-state index contributed by atoms with van der Waals surface area (Å²) in [5.41, 5.74) is 1.78. The topological polar surface area (TPSA) is 105 Å². The highest BCUT2D eigenvalue weighted by Crippen LogP contribution is 2.31. The van der Waals surface area contributed by atoms with Crippen LogP contribution in [0.5, 0.6) is 5.75 Å². The van der Waals surface area contributed by atoms with Crippen molar-refractivity contribution in [3.8, 4) is 5.75 Å². The van der Waals surface area contributed by atoms with Crippen molar-refractivity contribution >= 4 is 41.0 Å². The van der Waals surface area contributed by atoms with Crippen LogP contribution in [0.25, 0.3) is 0 Å². The Morgan fingerprint density at radius 2 is 1.59 bits per heavy atom. The summed E-state index contributed by atoms with van der Waals surface area (Å²) in [5.74, 6) is -1.27. The Bertz CT molecular complexity index is 1420. The van der Waals surface area contributed by atoms with Crippen LogP contribution in [0.4, 0.5) is 0 Å². The van der Waals surface area contributed by atoms with Gasteiger partial charge in [0.2, 0.25) is 5.91 Å². The first-order valence-corrected chi connectivity index (χ1v) is 15.3. The summed E-state index contributed by atoms with van der Waals surface area (Å²) >= 11 is 12.4. The van der Waals surface area contributed by atoms with E-state index in [4.69, 9.17) is 32.7 Å². The summed E-state index contributed by atoms with van der Waals surface area (Å²) in [6.45, 7) is 6.14. The lowest BCUT2D eigenvalue weighted by molar-refractivity contribution is -0.161. The first-order chi connectivity index (χ1) is 20.9. The predicted octanol–water partition coefficient (Wildman–Crippen LogP) is 6.45. The number of amides is 1. The summed E-state index contributed by atoms with van der Waals surface area (Å²) in [4.78, 5) is 40.4. The molecule has 0 aromatic heterocycles. The molecule has 234 valence electrons. The second kappa shape index (κ2) is 14.9. The third-order valence-electron chi connectivity index (χ3n) is 7.39. The van der Waals surface area contributed by atoms with Crippen molar-refractivity contribution in [3.63, 3.8) is 0 Å². The molecule has 1 fully saturated rings. The lowest BCUT2D eigenvalue weighted by Gasteiger charge is -2.31. The van der Waals surface area contributed by atoms with Crippen molar-refractivity contribution in [1.82, 2.24) is 10.2 Å². The Kier molecular flexibility index (Phi) is 11.3. The SMILES string of the molecule is CC(C)(C)OC(=O)C1CCC(CC(=O)NC(Cc2ccc(OCc3c(Cl)cccc3Cl)cc2)C(=O)O)N1Cc1ccccc1. The minimum atomic E-state index is -1.13. The standard InChI is InChI=1S/C34H38Cl2N2O6/c1-34(2,3)44-33(42)30-17-14-24(38(30)20-23-8-5-4-6-9-23)19-31(39)37-29(32(40)41)18-22-12-15-25(16-13-22)43-21-26-27(35)10-7-11-28(26)36/h4-13,15-16,24,29-30H,14,17-21H2,1-3H3,(H,37,39)(H,40,41). The van der Waals surface area contributed by atoms with Gasteiger partial charge in [-0.3, -0.25) is 14.5 Å². The van der Waals surface area contributed by atoms with Gasteiger partial charge in [0, 0.05) is 41.0 Å². The number of ether oxygens (including phenoxy) is 2. The molecule has 0 saturated carbocycles. The molecule has 2 N–H and O–H groups in total. The van der Waals surface area contributed by atoms with E-state index in [1.54, 1.807) is 42.5 Å². The van der Waals surface area contributed by atoms with Gasteiger partial charge < -0.3 is 19.9 Å². The molecular formula is C34H38Cl2N2O6.